The van der Waals surface area contributed by atoms with Crippen LogP contribution in [0.2, 0.25) is 5.82 Å². The fourth-order valence-corrected chi connectivity index (χ4v) is 12.2. The minimum atomic E-state index is -0.569. The van der Waals surface area contributed by atoms with Crippen molar-refractivity contribution in [3.63, 3.8) is 0 Å². The topological polar surface area (TPSA) is 0 Å². The highest BCUT2D eigenvalue weighted by atomic mass is 31.2. The van der Waals surface area contributed by atoms with Crippen molar-refractivity contribution in [1.29, 1.82) is 0 Å². The van der Waals surface area contributed by atoms with Crippen molar-refractivity contribution >= 4 is 35.5 Å². The first-order valence-corrected chi connectivity index (χ1v) is 13.6. The highest BCUT2D eigenvalue weighted by Gasteiger charge is 2.81. The van der Waals surface area contributed by atoms with Crippen LogP contribution >= 0.6 is 15.1 Å². The van der Waals surface area contributed by atoms with E-state index < -0.39 is 15.1 Å². The van der Waals surface area contributed by atoms with Gasteiger partial charge in [-0.05, 0) is 51.7 Å². The first kappa shape index (κ1) is 20.0. The van der Waals surface area contributed by atoms with Gasteiger partial charge in [0, 0.05) is 0 Å². The molecule has 6 atom stereocenters. The second kappa shape index (κ2) is 5.84. The molecule has 0 spiro atoms. The zero-order valence-electron chi connectivity index (χ0n) is 17.3. The summed E-state index contributed by atoms with van der Waals surface area (Å²) < 4.78 is 0. The zero-order chi connectivity index (χ0) is 18.0. The van der Waals surface area contributed by atoms with E-state index in [9.17, 15) is 0 Å². The zero-order valence-corrected chi connectivity index (χ0v) is 19.3. The van der Waals surface area contributed by atoms with Gasteiger partial charge >= 0.3 is 0 Å². The maximum atomic E-state index is 4.70. The Labute approximate surface area is 148 Å². The van der Waals surface area contributed by atoms with E-state index >= 15 is 0 Å². The Balaban J connectivity index is 2.28. The van der Waals surface area contributed by atoms with Crippen molar-refractivity contribution in [1.82, 2.24) is 0 Å². The normalized spacial score (nSPS) is 40.4. The van der Waals surface area contributed by atoms with Gasteiger partial charge in [0.05, 0.1) is 0 Å². The molecule has 0 nitrogen and oxygen atoms in total. The van der Waals surface area contributed by atoms with Crippen molar-refractivity contribution in [2.24, 2.45) is 28.1 Å². The van der Waals surface area contributed by atoms with Crippen molar-refractivity contribution in [2.45, 2.75) is 72.8 Å². The fourth-order valence-electron chi connectivity index (χ4n) is 6.33. The van der Waals surface area contributed by atoms with Crippen LogP contribution in [0.3, 0.4) is 0 Å². The summed E-state index contributed by atoms with van der Waals surface area (Å²) in [5.41, 5.74) is 1.55. The van der Waals surface area contributed by atoms with E-state index in [1.165, 1.54) is 18.5 Å². The lowest BCUT2D eigenvalue weighted by atomic mass is 9.59. The van der Waals surface area contributed by atoms with E-state index in [1.807, 2.05) is 0 Å². The maximum Gasteiger partial charge on any atom is 0.106 e. The molecule has 0 radical (unpaired) electrons. The summed E-state index contributed by atoms with van der Waals surface area (Å²) >= 11 is 0. The summed E-state index contributed by atoms with van der Waals surface area (Å²) in [4.78, 5) is 0. The van der Waals surface area contributed by atoms with E-state index in [2.05, 4.69) is 69.5 Å². The fraction of sp³-hybridized carbons (Fsp3) is 0.900. The molecule has 0 N–H and O–H groups in total. The first-order valence-electron chi connectivity index (χ1n) is 9.61. The Morgan fingerprint density at radius 2 is 1.65 bits per heavy atom. The van der Waals surface area contributed by atoms with Crippen LogP contribution in [0, 0.1) is 28.1 Å². The van der Waals surface area contributed by atoms with Crippen molar-refractivity contribution in [3.8, 4) is 0 Å². The molecule has 2 saturated carbocycles. The minimum Gasteiger partial charge on any atom is -0.121 e. The molecule has 0 amide bonds. The standard InChI is InChI=1S/C20H41BP2/c1-11-22(9)13-23(10)17(3,4)12-20-14(2)18(5,6)16(21)15(20)19(20,7)8/h14-16,22-23H,9-13,21H2,1-8H3/t14-,15-,16+,20-/m0/s1. The van der Waals surface area contributed by atoms with Gasteiger partial charge in [0.25, 0.3) is 0 Å². The molecule has 2 aliphatic carbocycles. The molecule has 2 fully saturated rings. The molecule has 0 bridgehead atoms. The van der Waals surface area contributed by atoms with Gasteiger partial charge < -0.3 is 0 Å². The van der Waals surface area contributed by atoms with Crippen LogP contribution in [0.5, 0.6) is 0 Å². The van der Waals surface area contributed by atoms with Gasteiger partial charge in [0.1, 0.15) is 7.85 Å². The highest BCUT2D eigenvalue weighted by Crippen LogP contribution is 2.87. The van der Waals surface area contributed by atoms with Crippen LogP contribution in [0.25, 0.3) is 0 Å². The molecule has 2 unspecified atom stereocenters. The Bertz CT molecular complexity index is 528. The van der Waals surface area contributed by atoms with Gasteiger partial charge in [-0.15, -0.1) is 27.7 Å². The molecule has 0 aromatic heterocycles. The molecule has 0 aromatic rings. The number of hydrogen-bond donors (Lipinski definition) is 0. The largest absolute Gasteiger partial charge is 0.121 e. The summed E-state index contributed by atoms with van der Waals surface area (Å²) in [6, 6.07) is 0. The quantitative estimate of drug-likeness (QED) is 0.456. The maximum absolute atomic E-state index is 4.70. The molecule has 0 saturated heterocycles. The number of fused-ring (bicyclic) bond motifs is 1. The summed E-state index contributed by atoms with van der Waals surface area (Å²) in [7, 11) is 1.56. The molecular formula is C20H41BP2. The van der Waals surface area contributed by atoms with Crippen molar-refractivity contribution in [2.75, 3.05) is 12.1 Å². The molecule has 134 valence electrons. The average Bonchev–Trinajstić information content (AvgIpc) is 2.85. The third kappa shape index (κ3) is 2.72. The van der Waals surface area contributed by atoms with Gasteiger partial charge in [-0.1, -0.05) is 61.2 Å². The molecule has 0 aromatic carbocycles. The van der Waals surface area contributed by atoms with E-state index in [-0.39, 0.29) is 0 Å². The van der Waals surface area contributed by atoms with Crippen LogP contribution < -0.4 is 0 Å². The van der Waals surface area contributed by atoms with Gasteiger partial charge in [-0.25, -0.2) is 0 Å². The third-order valence-electron chi connectivity index (χ3n) is 8.67. The number of rotatable bonds is 6. The summed E-state index contributed by atoms with van der Waals surface area (Å²) in [5, 5.41) is 0.424. The van der Waals surface area contributed by atoms with Crippen LogP contribution in [0.15, 0.2) is 0 Å². The highest BCUT2D eigenvalue weighted by molar-refractivity contribution is 7.73. The molecule has 0 heterocycles. The summed E-state index contributed by atoms with van der Waals surface area (Å²) in [6.45, 7) is 20.1. The Kier molecular flexibility index (Phi) is 5.08. The predicted molar refractivity (Wildman–Crippen MR) is 120 cm³/mol. The molecule has 2 aliphatic rings. The molecule has 23 heavy (non-hydrogen) atoms. The van der Waals surface area contributed by atoms with Crippen LogP contribution in [-0.4, -0.2) is 37.7 Å². The lowest BCUT2D eigenvalue weighted by Gasteiger charge is -2.43. The van der Waals surface area contributed by atoms with Crippen LogP contribution in [0.1, 0.15) is 61.8 Å². The van der Waals surface area contributed by atoms with Gasteiger partial charge in [-0.3, -0.25) is 0 Å². The van der Waals surface area contributed by atoms with Crippen LogP contribution in [0.4, 0.5) is 0 Å². The van der Waals surface area contributed by atoms with Gasteiger partial charge in [0.2, 0.25) is 0 Å². The Morgan fingerprint density at radius 3 is 2.09 bits per heavy atom. The minimum absolute atomic E-state index is 0.392. The summed E-state index contributed by atoms with van der Waals surface area (Å²) in [6.07, 6.45) is 11.8. The van der Waals surface area contributed by atoms with E-state index in [4.69, 9.17) is 6.30 Å². The monoisotopic (exact) mass is 354 g/mol. The molecule has 2 rings (SSSR count). The van der Waals surface area contributed by atoms with Gasteiger partial charge in [-0.2, -0.15) is 0 Å². The lowest BCUT2D eigenvalue weighted by molar-refractivity contribution is 0.121. The average molecular weight is 354 g/mol. The number of hydrogen-bond acceptors (Lipinski definition) is 0. The van der Waals surface area contributed by atoms with Gasteiger partial charge in [0.15, 0.2) is 0 Å². The summed E-state index contributed by atoms with van der Waals surface area (Å²) in [5.74, 6) is 3.93. The predicted octanol–water partition coefficient (Wildman–Crippen LogP) is 5.16. The Morgan fingerprint density at radius 1 is 1.13 bits per heavy atom. The SMILES string of the molecule is B[C@@H]1[C@H]2C(C)(C)[C@@]2(CC(C)(C)[PH](=C)C[PH](=C)CC)[C@@H](C)C1(C)C. The van der Waals surface area contributed by atoms with E-state index in [1.54, 1.807) is 0 Å². The second-order valence-corrected chi connectivity index (χ2v) is 16.7. The molecule has 3 heteroatoms. The van der Waals surface area contributed by atoms with Crippen molar-refractivity contribution in [3.05, 3.63) is 0 Å². The lowest BCUT2D eigenvalue weighted by Crippen LogP contribution is -2.35. The third-order valence-corrected chi connectivity index (χ3v) is 15.5. The van der Waals surface area contributed by atoms with E-state index in [0.717, 1.165) is 17.7 Å². The first-order chi connectivity index (χ1) is 10.3. The van der Waals surface area contributed by atoms with E-state index in [0.29, 0.717) is 21.4 Å². The molecule has 0 aliphatic heterocycles. The Hall–Kier alpha value is 0.665. The van der Waals surface area contributed by atoms with Crippen molar-refractivity contribution < 1.29 is 0 Å². The van der Waals surface area contributed by atoms with Crippen LogP contribution in [-0.2, 0) is 0 Å². The smallest absolute Gasteiger partial charge is 0.106 e. The molecular weight excluding hydrogens is 313 g/mol. The second-order valence-electron chi connectivity index (χ2n) is 10.5.